The van der Waals surface area contributed by atoms with Crippen molar-refractivity contribution in [1.29, 1.82) is 0 Å². The molecule has 1 unspecified atom stereocenters. The van der Waals surface area contributed by atoms with Gasteiger partial charge in [0, 0.05) is 6.42 Å². The quantitative estimate of drug-likeness (QED) is 0.318. The van der Waals surface area contributed by atoms with Crippen molar-refractivity contribution in [2.75, 3.05) is 26.0 Å². The Hall–Kier alpha value is -0.630. The zero-order valence-electron chi connectivity index (χ0n) is 17.8. The Balaban J connectivity index is 2.04. The van der Waals surface area contributed by atoms with Crippen LogP contribution in [0.3, 0.4) is 0 Å². The Morgan fingerprint density at radius 1 is 1.29 bits per heavy atom. The maximum absolute atomic E-state index is 15.0. The Morgan fingerprint density at radius 3 is 2.55 bits per heavy atom. The van der Waals surface area contributed by atoms with Gasteiger partial charge in [0.05, 0.1) is 18.7 Å². The van der Waals surface area contributed by atoms with Gasteiger partial charge in [0.25, 0.3) is 6.43 Å². The predicted octanol–water partition coefficient (Wildman–Crippen LogP) is 0.0398. The van der Waals surface area contributed by atoms with E-state index >= 15 is 4.39 Å². The Morgan fingerprint density at radius 2 is 1.97 bits per heavy atom. The summed E-state index contributed by atoms with van der Waals surface area (Å²) in [5.41, 5.74) is -2.71. The number of thioether (sulfide) groups is 1. The van der Waals surface area contributed by atoms with E-state index in [2.05, 4.69) is 10.6 Å². The summed E-state index contributed by atoms with van der Waals surface area (Å²) in [6.45, 7) is 2.35. The van der Waals surface area contributed by atoms with Crippen LogP contribution in [-0.2, 0) is 14.3 Å². The van der Waals surface area contributed by atoms with Crippen LogP contribution in [0.5, 0.6) is 0 Å². The molecule has 182 valence electrons. The summed E-state index contributed by atoms with van der Waals surface area (Å²) in [7, 11) is 0. The van der Waals surface area contributed by atoms with Crippen molar-refractivity contribution in [1.82, 2.24) is 10.6 Å². The predicted molar refractivity (Wildman–Crippen MR) is 109 cm³/mol. The van der Waals surface area contributed by atoms with Crippen molar-refractivity contribution in [3.63, 3.8) is 0 Å². The molecular formula is C19H33F3N2O6S. The fourth-order valence-electron chi connectivity index (χ4n) is 3.92. The molecule has 12 heteroatoms. The average molecular weight is 475 g/mol. The first kappa shape index (κ1) is 26.6. The number of piperidine rings is 1. The molecule has 2 heterocycles. The van der Waals surface area contributed by atoms with E-state index in [9.17, 15) is 28.9 Å². The minimum Gasteiger partial charge on any atom is -0.388 e. The maximum Gasteiger partial charge on any atom is 0.261 e. The molecule has 5 N–H and O–H groups in total. The average Bonchev–Trinajstić information content (AvgIpc) is 2.70. The lowest BCUT2D eigenvalue weighted by Crippen LogP contribution is -2.65. The molecule has 0 bridgehead atoms. The minimum absolute atomic E-state index is 0.0254. The van der Waals surface area contributed by atoms with Crippen molar-refractivity contribution in [3.8, 4) is 0 Å². The zero-order valence-corrected chi connectivity index (χ0v) is 18.7. The summed E-state index contributed by atoms with van der Waals surface area (Å²) in [4.78, 5) is 12.9. The highest BCUT2D eigenvalue weighted by molar-refractivity contribution is 7.99. The number of hydrogen-bond donors (Lipinski definition) is 5. The van der Waals surface area contributed by atoms with Crippen LogP contribution in [0.25, 0.3) is 0 Å². The molecule has 0 spiro atoms. The van der Waals surface area contributed by atoms with Gasteiger partial charge >= 0.3 is 0 Å². The molecule has 0 aromatic carbocycles. The van der Waals surface area contributed by atoms with Crippen LogP contribution < -0.4 is 10.6 Å². The maximum atomic E-state index is 15.0. The van der Waals surface area contributed by atoms with Gasteiger partial charge in [0.1, 0.15) is 42.1 Å². The van der Waals surface area contributed by atoms with E-state index < -0.39 is 73.2 Å². The normalized spacial score (nSPS) is 37.8. The zero-order chi connectivity index (χ0) is 23.3. The van der Waals surface area contributed by atoms with Crippen LogP contribution in [0.1, 0.15) is 26.7 Å². The number of amides is 1. The molecule has 0 radical (unpaired) electrons. The highest BCUT2D eigenvalue weighted by atomic mass is 32.2. The van der Waals surface area contributed by atoms with E-state index in [1.54, 1.807) is 20.1 Å². The van der Waals surface area contributed by atoms with Crippen molar-refractivity contribution < 1.29 is 42.8 Å². The molecule has 2 aliphatic rings. The third kappa shape index (κ3) is 6.92. The monoisotopic (exact) mass is 474 g/mol. The van der Waals surface area contributed by atoms with Crippen molar-refractivity contribution >= 4 is 17.7 Å². The minimum atomic E-state index is -2.70. The Kier molecular flexibility index (Phi) is 9.86. The van der Waals surface area contributed by atoms with Crippen molar-refractivity contribution in [3.05, 3.63) is 0 Å². The first-order chi connectivity index (χ1) is 14.5. The molecule has 0 aromatic rings. The molecule has 8 nitrogen and oxygen atoms in total. The largest absolute Gasteiger partial charge is 0.388 e. The van der Waals surface area contributed by atoms with Crippen LogP contribution in [-0.4, -0.2) is 101 Å². The molecule has 1 amide bonds. The van der Waals surface area contributed by atoms with Crippen LogP contribution in [0.15, 0.2) is 0 Å². The summed E-state index contributed by atoms with van der Waals surface area (Å²) in [6, 6.07) is -1.66. The first-order valence-corrected chi connectivity index (χ1v) is 11.6. The second-order valence-corrected chi connectivity index (χ2v) is 9.41. The van der Waals surface area contributed by atoms with Gasteiger partial charge in [-0.05, 0) is 25.1 Å². The molecule has 0 aromatic heterocycles. The molecule has 2 rings (SSSR count). The lowest BCUT2D eigenvalue weighted by molar-refractivity contribution is -0.208. The number of rotatable bonds is 9. The molecule has 0 aliphatic carbocycles. The summed E-state index contributed by atoms with van der Waals surface area (Å²) in [6.07, 6.45) is -6.41. The standard InChI is InChI=1S/C19H33F3N2O6S/c1-9(2)12(16-14(26)13(25)15(27)18(30-16)31-3)24-17(28)10-6-19(22,4-5-23-10)8-29-7-11(20)21/h9-16,18,23,25-27H,4-8H2,1-3H3,(H,24,28)/t10-,12+,13-,14+,15+,16+,18+,19?/m0/s1. The van der Waals surface area contributed by atoms with E-state index in [4.69, 9.17) is 9.47 Å². The number of hydrogen-bond acceptors (Lipinski definition) is 8. The summed E-state index contributed by atoms with van der Waals surface area (Å²) < 4.78 is 50.0. The van der Waals surface area contributed by atoms with Gasteiger partial charge in [0.15, 0.2) is 0 Å². The van der Waals surface area contributed by atoms with E-state index in [0.29, 0.717) is 0 Å². The first-order valence-electron chi connectivity index (χ1n) is 10.3. The number of nitrogens with one attached hydrogen (secondary N) is 2. The third-order valence-electron chi connectivity index (χ3n) is 5.67. The Labute approximate surface area is 184 Å². The molecule has 0 saturated carbocycles. The number of halogens is 3. The van der Waals surface area contributed by atoms with Gasteiger partial charge < -0.3 is 35.4 Å². The molecule has 2 aliphatic heterocycles. The van der Waals surface area contributed by atoms with E-state index in [1.165, 1.54) is 0 Å². The van der Waals surface area contributed by atoms with Crippen LogP contribution in [0, 0.1) is 5.92 Å². The number of carbonyl (C=O) groups is 1. The lowest BCUT2D eigenvalue weighted by atomic mass is 9.87. The van der Waals surface area contributed by atoms with E-state index in [1.807, 2.05) is 0 Å². The third-order valence-corrected chi connectivity index (χ3v) is 6.53. The fraction of sp³-hybridized carbons (Fsp3) is 0.947. The second kappa shape index (κ2) is 11.5. The molecule has 2 fully saturated rings. The molecule has 8 atom stereocenters. The summed E-state index contributed by atoms with van der Waals surface area (Å²) in [5, 5.41) is 36.3. The number of aliphatic hydroxyl groups excluding tert-OH is 3. The van der Waals surface area contributed by atoms with Gasteiger partial charge in [-0.15, -0.1) is 11.8 Å². The number of aliphatic hydroxyl groups is 3. The van der Waals surface area contributed by atoms with Gasteiger partial charge in [-0.1, -0.05) is 13.8 Å². The Bertz CT molecular complexity index is 591. The summed E-state index contributed by atoms with van der Waals surface area (Å²) in [5.74, 6) is -0.756. The second-order valence-electron chi connectivity index (χ2n) is 8.47. The van der Waals surface area contributed by atoms with Crippen LogP contribution in [0.2, 0.25) is 0 Å². The fourth-order valence-corrected chi connectivity index (χ4v) is 4.60. The number of ether oxygens (including phenoxy) is 2. The van der Waals surface area contributed by atoms with E-state index in [0.717, 1.165) is 11.8 Å². The smallest absolute Gasteiger partial charge is 0.261 e. The summed E-state index contributed by atoms with van der Waals surface area (Å²) >= 11 is 1.16. The van der Waals surface area contributed by atoms with Crippen LogP contribution in [0.4, 0.5) is 13.2 Å². The molecular weight excluding hydrogens is 441 g/mol. The lowest BCUT2D eigenvalue weighted by Gasteiger charge is -2.44. The highest BCUT2D eigenvalue weighted by Crippen LogP contribution is 2.31. The van der Waals surface area contributed by atoms with E-state index in [-0.39, 0.29) is 25.3 Å². The van der Waals surface area contributed by atoms with Crippen LogP contribution >= 0.6 is 11.8 Å². The number of carbonyl (C=O) groups excluding carboxylic acids is 1. The molecule has 2 saturated heterocycles. The van der Waals surface area contributed by atoms with Gasteiger partial charge in [-0.25, -0.2) is 13.2 Å². The van der Waals surface area contributed by atoms with Crippen molar-refractivity contribution in [2.45, 2.75) is 80.7 Å². The van der Waals surface area contributed by atoms with Gasteiger partial charge in [-0.3, -0.25) is 4.79 Å². The van der Waals surface area contributed by atoms with Gasteiger partial charge in [-0.2, -0.15) is 0 Å². The topological polar surface area (TPSA) is 120 Å². The van der Waals surface area contributed by atoms with Gasteiger partial charge in [0.2, 0.25) is 5.91 Å². The molecule has 31 heavy (non-hydrogen) atoms. The van der Waals surface area contributed by atoms with Crippen molar-refractivity contribution in [2.24, 2.45) is 5.92 Å². The SMILES string of the molecule is CS[C@H]1O[C@H]([C@H](NC(=O)[C@@H]2CC(F)(COCC(F)F)CCN2)C(C)C)[C@H](O)[C@H](O)[C@H]1O. The number of alkyl halides is 3. The highest BCUT2D eigenvalue weighted by Gasteiger charge is 2.48.